The van der Waals surface area contributed by atoms with Gasteiger partial charge in [0.25, 0.3) is 0 Å². The minimum Gasteiger partial charge on any atom is -0.131 e. The van der Waals surface area contributed by atoms with Gasteiger partial charge in [-0.15, -0.1) is 23.1 Å². The fourth-order valence-electron chi connectivity index (χ4n) is 0.401. The highest BCUT2D eigenvalue weighted by molar-refractivity contribution is 7.98. The van der Waals surface area contributed by atoms with E-state index in [-0.39, 0.29) is 0 Å². The van der Waals surface area contributed by atoms with Crippen molar-refractivity contribution in [3.8, 4) is 0 Å². The second kappa shape index (κ2) is 2.76. The number of hydrogen-bond acceptors (Lipinski definition) is 2. The van der Waals surface area contributed by atoms with Gasteiger partial charge < -0.3 is 0 Å². The third-order valence-corrected chi connectivity index (χ3v) is 2.73. The van der Waals surface area contributed by atoms with Gasteiger partial charge in [0.2, 0.25) is 0 Å². The lowest BCUT2D eigenvalue weighted by Crippen LogP contribution is -1.51. The number of halogens is 1. The van der Waals surface area contributed by atoms with Gasteiger partial charge in [0.1, 0.15) is 0 Å². The van der Waals surface area contributed by atoms with E-state index in [1.54, 1.807) is 23.1 Å². The zero-order valence-corrected chi connectivity index (χ0v) is 6.74. The van der Waals surface area contributed by atoms with Crippen molar-refractivity contribution in [3.05, 3.63) is 15.8 Å². The van der Waals surface area contributed by atoms with Crippen LogP contribution < -0.4 is 0 Å². The Balaban J connectivity index is 2.84. The molecule has 0 aliphatic carbocycles. The topological polar surface area (TPSA) is 0 Å². The summed E-state index contributed by atoms with van der Waals surface area (Å²) < 4.78 is 0.870. The molecule has 0 aliphatic rings. The van der Waals surface area contributed by atoms with Crippen LogP contribution in [0.4, 0.5) is 0 Å². The molecule has 1 aromatic rings. The lowest BCUT2D eigenvalue weighted by atomic mass is 10.7. The lowest BCUT2D eigenvalue weighted by Gasteiger charge is -1.79. The minimum absolute atomic E-state index is 0.870. The molecule has 3 heteroatoms. The first-order valence-corrected chi connectivity index (χ1v) is 4.59. The first kappa shape index (κ1) is 6.46. The third-order valence-electron chi connectivity index (χ3n) is 0.779. The Morgan fingerprint density at radius 3 is 2.75 bits per heavy atom. The van der Waals surface area contributed by atoms with Gasteiger partial charge in [-0.1, -0.05) is 11.6 Å². The fourth-order valence-corrected chi connectivity index (χ4v) is 2.05. The Labute approximate surface area is 61.9 Å². The molecule has 0 atom stereocenters. The molecule has 0 saturated carbocycles. The third kappa shape index (κ3) is 1.41. The van der Waals surface area contributed by atoms with E-state index in [2.05, 4.69) is 0 Å². The van der Waals surface area contributed by atoms with Crippen LogP contribution in [0, 0.1) is 0 Å². The van der Waals surface area contributed by atoms with Crippen LogP contribution in [0.2, 0.25) is 4.34 Å². The van der Waals surface area contributed by atoms with E-state index < -0.39 is 0 Å². The van der Waals surface area contributed by atoms with Gasteiger partial charge in [0.05, 0.1) is 4.34 Å². The molecule has 0 spiro atoms. The zero-order chi connectivity index (χ0) is 5.98. The molecular formula is C5H5ClS2. The lowest BCUT2D eigenvalue weighted by molar-refractivity contribution is 1.60. The van der Waals surface area contributed by atoms with Crippen LogP contribution in [0.15, 0.2) is 16.3 Å². The van der Waals surface area contributed by atoms with Crippen molar-refractivity contribution in [2.75, 3.05) is 6.26 Å². The largest absolute Gasteiger partial charge is 0.131 e. The van der Waals surface area contributed by atoms with E-state index in [9.17, 15) is 0 Å². The number of thioether (sulfide) groups is 1. The molecule has 0 fully saturated rings. The average molecular weight is 165 g/mol. The monoisotopic (exact) mass is 164 g/mol. The van der Waals surface area contributed by atoms with Gasteiger partial charge in [-0.05, 0) is 12.3 Å². The van der Waals surface area contributed by atoms with Crippen LogP contribution in [0.5, 0.6) is 0 Å². The molecule has 0 amide bonds. The molecular weight excluding hydrogens is 160 g/mol. The molecule has 0 aliphatic heterocycles. The molecule has 0 aromatic carbocycles. The summed E-state index contributed by atoms with van der Waals surface area (Å²) in [5.41, 5.74) is 0. The summed E-state index contributed by atoms with van der Waals surface area (Å²) in [5, 5.41) is 2.05. The summed E-state index contributed by atoms with van der Waals surface area (Å²) in [5.74, 6) is 0. The maximum Gasteiger partial charge on any atom is 0.0939 e. The van der Waals surface area contributed by atoms with Gasteiger partial charge in [-0.25, -0.2) is 0 Å². The molecule has 0 saturated heterocycles. The minimum atomic E-state index is 0.870. The highest BCUT2D eigenvalue weighted by Crippen LogP contribution is 2.25. The molecule has 8 heavy (non-hydrogen) atoms. The SMILES string of the molecule is CSc1csc(Cl)c1. The average Bonchev–Trinajstić information content (AvgIpc) is 2.14. The summed E-state index contributed by atoms with van der Waals surface area (Å²) in [6.45, 7) is 0. The number of rotatable bonds is 1. The van der Waals surface area contributed by atoms with E-state index >= 15 is 0 Å². The highest BCUT2D eigenvalue weighted by atomic mass is 35.5. The zero-order valence-electron chi connectivity index (χ0n) is 4.35. The molecule has 1 rings (SSSR count). The Bertz CT molecular complexity index is 171. The van der Waals surface area contributed by atoms with Gasteiger partial charge in [-0.3, -0.25) is 0 Å². The Morgan fingerprint density at radius 1 is 1.75 bits per heavy atom. The van der Waals surface area contributed by atoms with Crippen LogP contribution >= 0.6 is 34.7 Å². The quantitative estimate of drug-likeness (QED) is 0.575. The predicted molar refractivity (Wildman–Crippen MR) is 41.1 cm³/mol. The normalized spacial score (nSPS) is 9.75. The maximum atomic E-state index is 5.64. The summed E-state index contributed by atoms with van der Waals surface area (Å²) in [6, 6.07) is 1.97. The Kier molecular flexibility index (Phi) is 2.23. The number of thiophene rings is 1. The van der Waals surface area contributed by atoms with Crippen molar-refractivity contribution in [2.45, 2.75) is 4.90 Å². The molecule has 0 nitrogen and oxygen atoms in total. The van der Waals surface area contributed by atoms with E-state index in [1.807, 2.05) is 17.7 Å². The van der Waals surface area contributed by atoms with Crippen molar-refractivity contribution < 1.29 is 0 Å². The van der Waals surface area contributed by atoms with Crippen LogP contribution in [0.3, 0.4) is 0 Å². The molecule has 44 valence electrons. The van der Waals surface area contributed by atoms with Crippen molar-refractivity contribution in [3.63, 3.8) is 0 Å². The molecule has 0 unspecified atom stereocenters. The highest BCUT2D eigenvalue weighted by Gasteiger charge is 1.91. The maximum absolute atomic E-state index is 5.64. The summed E-state index contributed by atoms with van der Waals surface area (Å²) in [6.07, 6.45) is 2.04. The van der Waals surface area contributed by atoms with Gasteiger partial charge >= 0.3 is 0 Å². The fraction of sp³-hybridized carbons (Fsp3) is 0.200. The van der Waals surface area contributed by atoms with Crippen molar-refractivity contribution in [1.82, 2.24) is 0 Å². The summed E-state index contributed by atoms with van der Waals surface area (Å²) in [7, 11) is 0. The predicted octanol–water partition coefficient (Wildman–Crippen LogP) is 3.12. The molecule has 0 radical (unpaired) electrons. The van der Waals surface area contributed by atoms with E-state index in [1.165, 1.54) is 4.90 Å². The van der Waals surface area contributed by atoms with Gasteiger partial charge in [0, 0.05) is 10.3 Å². The van der Waals surface area contributed by atoms with E-state index in [4.69, 9.17) is 11.6 Å². The first-order chi connectivity index (χ1) is 3.83. The molecule has 0 N–H and O–H groups in total. The van der Waals surface area contributed by atoms with Gasteiger partial charge in [-0.2, -0.15) is 0 Å². The smallest absolute Gasteiger partial charge is 0.0939 e. The van der Waals surface area contributed by atoms with Crippen molar-refractivity contribution >= 4 is 34.7 Å². The van der Waals surface area contributed by atoms with Crippen LogP contribution in [-0.2, 0) is 0 Å². The molecule has 1 heterocycles. The second-order valence-electron chi connectivity index (χ2n) is 1.29. The van der Waals surface area contributed by atoms with Crippen LogP contribution in [0.25, 0.3) is 0 Å². The molecule has 1 aromatic heterocycles. The van der Waals surface area contributed by atoms with Crippen molar-refractivity contribution in [2.24, 2.45) is 0 Å². The summed E-state index contributed by atoms with van der Waals surface area (Å²) >= 11 is 8.93. The Hall–Kier alpha value is 0.340. The van der Waals surface area contributed by atoms with E-state index in [0.717, 1.165) is 4.34 Å². The summed E-state index contributed by atoms with van der Waals surface area (Å²) in [4.78, 5) is 1.25. The van der Waals surface area contributed by atoms with Gasteiger partial charge in [0.15, 0.2) is 0 Å². The van der Waals surface area contributed by atoms with Crippen LogP contribution in [0.1, 0.15) is 0 Å². The van der Waals surface area contributed by atoms with Crippen molar-refractivity contribution in [1.29, 1.82) is 0 Å². The standard InChI is InChI=1S/C5H5ClS2/c1-7-4-2-5(6)8-3-4/h2-3H,1H3. The second-order valence-corrected chi connectivity index (χ2v) is 3.71. The molecule has 0 bridgehead atoms. The first-order valence-electron chi connectivity index (χ1n) is 2.11. The number of hydrogen-bond donors (Lipinski definition) is 0. The Morgan fingerprint density at radius 2 is 2.50 bits per heavy atom. The van der Waals surface area contributed by atoms with Crippen LogP contribution in [-0.4, -0.2) is 6.26 Å². The van der Waals surface area contributed by atoms with E-state index in [0.29, 0.717) is 0 Å².